The van der Waals surface area contributed by atoms with Gasteiger partial charge in [0.2, 0.25) is 0 Å². The minimum Gasteiger partial charge on any atom is -0.486 e. The number of hydrogen-bond donors (Lipinski definition) is 1. The summed E-state index contributed by atoms with van der Waals surface area (Å²) in [6, 6.07) is 10.7. The highest BCUT2D eigenvalue weighted by Crippen LogP contribution is 2.34. The lowest BCUT2D eigenvalue weighted by atomic mass is 10.2. The van der Waals surface area contributed by atoms with Crippen molar-refractivity contribution in [1.82, 2.24) is 0 Å². The topological polar surface area (TPSA) is 30.5 Å². The third kappa shape index (κ3) is 2.75. The molecular formula is C16H19NO2S. The van der Waals surface area contributed by atoms with Gasteiger partial charge in [0.15, 0.2) is 11.5 Å². The Balaban J connectivity index is 1.73. The summed E-state index contributed by atoms with van der Waals surface area (Å²) in [5, 5.41) is 3.52. The molecule has 0 spiro atoms. The predicted octanol–water partition coefficient (Wildman–Crippen LogP) is 4.25. The van der Waals surface area contributed by atoms with Crippen LogP contribution in [0, 0.1) is 0 Å². The summed E-state index contributed by atoms with van der Waals surface area (Å²) < 4.78 is 11.1. The Morgan fingerprint density at radius 3 is 2.70 bits per heavy atom. The van der Waals surface area contributed by atoms with Gasteiger partial charge < -0.3 is 14.8 Å². The molecule has 1 aliphatic heterocycles. The van der Waals surface area contributed by atoms with Crippen molar-refractivity contribution in [1.29, 1.82) is 0 Å². The van der Waals surface area contributed by atoms with E-state index < -0.39 is 0 Å². The highest BCUT2D eigenvalue weighted by Gasteiger charge is 2.13. The average Bonchev–Trinajstić information content (AvgIpc) is 2.96. The van der Waals surface area contributed by atoms with Crippen LogP contribution in [0.1, 0.15) is 29.6 Å². The first-order chi connectivity index (χ1) is 9.76. The molecule has 1 N–H and O–H groups in total. The Kier molecular flexibility index (Phi) is 3.83. The van der Waals surface area contributed by atoms with E-state index in [1.807, 2.05) is 29.5 Å². The van der Waals surface area contributed by atoms with Crippen LogP contribution in [0.15, 0.2) is 30.3 Å². The number of hydrogen-bond acceptors (Lipinski definition) is 4. The van der Waals surface area contributed by atoms with Gasteiger partial charge in [-0.25, -0.2) is 0 Å². The van der Waals surface area contributed by atoms with Crippen LogP contribution in [0.4, 0.5) is 5.69 Å². The number of nitrogens with one attached hydrogen (secondary N) is 1. The van der Waals surface area contributed by atoms with Crippen molar-refractivity contribution in [3.05, 3.63) is 40.1 Å². The number of rotatable bonds is 4. The summed E-state index contributed by atoms with van der Waals surface area (Å²) in [4.78, 5) is 2.78. The molecule has 0 aliphatic carbocycles. The fourth-order valence-corrected chi connectivity index (χ4v) is 3.23. The van der Waals surface area contributed by atoms with Gasteiger partial charge in [-0.15, -0.1) is 11.3 Å². The zero-order chi connectivity index (χ0) is 13.9. The Bertz CT molecular complexity index is 594. The maximum absolute atomic E-state index is 5.61. The van der Waals surface area contributed by atoms with Gasteiger partial charge in [-0.3, -0.25) is 0 Å². The zero-order valence-corrected chi connectivity index (χ0v) is 12.6. The van der Waals surface area contributed by atoms with Gasteiger partial charge in [-0.05, 0) is 37.6 Å². The molecule has 2 aromatic rings. The molecule has 1 aromatic carbocycles. The van der Waals surface area contributed by atoms with Crippen LogP contribution in [0.5, 0.6) is 11.5 Å². The summed E-state index contributed by atoms with van der Waals surface area (Å²) in [7, 11) is 0. The standard InChI is InChI=1S/C16H19NO2S/c1-3-13-5-7-16(20-13)11(2)17-12-4-6-14-15(10-12)19-9-8-18-14/h4-7,10-11,17H,3,8-9H2,1-2H3. The molecule has 3 nitrogen and oxygen atoms in total. The van der Waals surface area contributed by atoms with Crippen molar-refractivity contribution in [2.24, 2.45) is 0 Å². The summed E-state index contributed by atoms with van der Waals surface area (Å²) in [6.45, 7) is 5.62. The van der Waals surface area contributed by atoms with Crippen molar-refractivity contribution in [2.45, 2.75) is 26.3 Å². The van der Waals surface area contributed by atoms with Gasteiger partial charge in [-0.2, -0.15) is 0 Å². The third-order valence-corrected chi connectivity index (χ3v) is 4.80. The fourth-order valence-electron chi connectivity index (χ4n) is 2.27. The molecule has 1 aromatic heterocycles. The average molecular weight is 289 g/mol. The molecule has 0 radical (unpaired) electrons. The van der Waals surface area contributed by atoms with Gasteiger partial charge in [0.25, 0.3) is 0 Å². The minimum atomic E-state index is 0.294. The van der Waals surface area contributed by atoms with E-state index in [4.69, 9.17) is 9.47 Å². The summed E-state index contributed by atoms with van der Waals surface area (Å²) in [6.07, 6.45) is 1.10. The summed E-state index contributed by atoms with van der Waals surface area (Å²) >= 11 is 1.87. The second kappa shape index (κ2) is 5.75. The second-order valence-corrected chi connectivity index (χ2v) is 6.08. The molecule has 20 heavy (non-hydrogen) atoms. The molecule has 0 saturated carbocycles. The smallest absolute Gasteiger partial charge is 0.163 e. The quantitative estimate of drug-likeness (QED) is 0.912. The van der Waals surface area contributed by atoms with Crippen molar-refractivity contribution in [2.75, 3.05) is 18.5 Å². The molecule has 1 unspecified atom stereocenters. The third-order valence-electron chi connectivity index (χ3n) is 3.38. The van der Waals surface area contributed by atoms with Crippen molar-refractivity contribution in [3.63, 3.8) is 0 Å². The molecule has 0 fully saturated rings. The highest BCUT2D eigenvalue weighted by molar-refractivity contribution is 7.12. The Labute approximate surface area is 123 Å². The lowest BCUT2D eigenvalue weighted by molar-refractivity contribution is 0.171. The van der Waals surface area contributed by atoms with E-state index in [2.05, 4.69) is 31.3 Å². The van der Waals surface area contributed by atoms with Gasteiger partial charge in [0.05, 0.1) is 6.04 Å². The van der Waals surface area contributed by atoms with Crippen LogP contribution in [0.3, 0.4) is 0 Å². The number of thiophene rings is 1. The number of ether oxygens (including phenoxy) is 2. The van der Waals surface area contributed by atoms with E-state index in [1.54, 1.807) is 0 Å². The SMILES string of the molecule is CCc1ccc(C(C)Nc2ccc3c(c2)OCCO3)s1. The highest BCUT2D eigenvalue weighted by atomic mass is 32.1. The van der Waals surface area contributed by atoms with E-state index >= 15 is 0 Å². The number of benzene rings is 1. The van der Waals surface area contributed by atoms with E-state index in [1.165, 1.54) is 9.75 Å². The van der Waals surface area contributed by atoms with Crippen LogP contribution in [0.25, 0.3) is 0 Å². The number of fused-ring (bicyclic) bond motifs is 1. The van der Waals surface area contributed by atoms with Crippen LogP contribution < -0.4 is 14.8 Å². The molecule has 0 amide bonds. The molecule has 4 heteroatoms. The van der Waals surface area contributed by atoms with E-state index in [0.717, 1.165) is 23.6 Å². The van der Waals surface area contributed by atoms with E-state index in [-0.39, 0.29) is 0 Å². The lowest BCUT2D eigenvalue weighted by Gasteiger charge is -2.20. The Morgan fingerprint density at radius 2 is 1.95 bits per heavy atom. The van der Waals surface area contributed by atoms with Crippen molar-refractivity contribution < 1.29 is 9.47 Å². The minimum absolute atomic E-state index is 0.294. The molecular weight excluding hydrogens is 270 g/mol. The molecule has 106 valence electrons. The molecule has 2 heterocycles. The zero-order valence-electron chi connectivity index (χ0n) is 11.8. The number of aryl methyl sites for hydroxylation is 1. The van der Waals surface area contributed by atoms with E-state index in [0.29, 0.717) is 19.3 Å². The van der Waals surface area contributed by atoms with Crippen LogP contribution >= 0.6 is 11.3 Å². The predicted molar refractivity (Wildman–Crippen MR) is 83.2 cm³/mol. The first kappa shape index (κ1) is 13.3. The van der Waals surface area contributed by atoms with Crippen molar-refractivity contribution in [3.8, 4) is 11.5 Å². The van der Waals surface area contributed by atoms with Crippen LogP contribution in [-0.2, 0) is 6.42 Å². The van der Waals surface area contributed by atoms with Crippen molar-refractivity contribution >= 4 is 17.0 Å². The normalized spacial score (nSPS) is 14.9. The Hall–Kier alpha value is -1.68. The molecule has 0 bridgehead atoms. The van der Waals surface area contributed by atoms with Gasteiger partial charge >= 0.3 is 0 Å². The maximum atomic E-state index is 5.61. The molecule has 1 aliphatic rings. The summed E-state index contributed by atoms with van der Waals surface area (Å²) in [5.74, 6) is 1.66. The molecule has 3 rings (SSSR count). The van der Waals surface area contributed by atoms with Crippen LogP contribution in [0.2, 0.25) is 0 Å². The fraction of sp³-hybridized carbons (Fsp3) is 0.375. The van der Waals surface area contributed by atoms with Gasteiger partial charge in [0.1, 0.15) is 13.2 Å². The number of anilines is 1. The largest absolute Gasteiger partial charge is 0.486 e. The lowest BCUT2D eigenvalue weighted by Crippen LogP contribution is -2.15. The summed E-state index contributed by atoms with van der Waals surface area (Å²) in [5.41, 5.74) is 1.06. The first-order valence-electron chi connectivity index (χ1n) is 7.01. The maximum Gasteiger partial charge on any atom is 0.163 e. The molecule has 1 atom stereocenters. The first-order valence-corrected chi connectivity index (χ1v) is 7.82. The van der Waals surface area contributed by atoms with E-state index in [9.17, 15) is 0 Å². The monoisotopic (exact) mass is 289 g/mol. The van der Waals surface area contributed by atoms with Gasteiger partial charge in [0, 0.05) is 21.5 Å². The Morgan fingerprint density at radius 1 is 1.15 bits per heavy atom. The van der Waals surface area contributed by atoms with Crippen LogP contribution in [-0.4, -0.2) is 13.2 Å². The second-order valence-electron chi connectivity index (χ2n) is 4.88. The van der Waals surface area contributed by atoms with Gasteiger partial charge in [-0.1, -0.05) is 6.92 Å². The molecule has 0 saturated heterocycles.